The second-order valence-corrected chi connectivity index (χ2v) is 7.26. The molecular weight excluding hydrogens is 363 g/mol. The Hall–Kier alpha value is -0.860. The third-order valence-electron chi connectivity index (χ3n) is 3.63. The predicted octanol–water partition coefficient (Wildman–Crippen LogP) is 2.34. The average Bonchev–Trinajstić information content (AvgIpc) is 2.51. The minimum absolute atomic E-state index is 0. The summed E-state index contributed by atoms with van der Waals surface area (Å²) in [6.45, 7) is 3.89. The predicted molar refractivity (Wildman–Crippen MR) is 92.7 cm³/mol. The normalized spacial score (nSPS) is 11.7. The van der Waals surface area contributed by atoms with E-state index < -0.39 is 21.5 Å². The van der Waals surface area contributed by atoms with Crippen LogP contribution < -0.4 is 10.5 Å². The standard InChI is InChI=1S/C14H21ClN2O4S.ClH/c1-4-14(16,5-2)9-17-22(19,20)12-7-10(13(18)21-3)6-11(15)8-12;/h6-8,17H,4-5,9,16H2,1-3H3;1H. The third-order valence-corrected chi connectivity index (χ3v) is 5.22. The fraction of sp³-hybridized carbons (Fsp3) is 0.500. The van der Waals surface area contributed by atoms with Gasteiger partial charge in [0.25, 0.3) is 0 Å². The molecule has 23 heavy (non-hydrogen) atoms. The first-order valence-corrected chi connectivity index (χ1v) is 8.71. The summed E-state index contributed by atoms with van der Waals surface area (Å²) >= 11 is 5.88. The maximum atomic E-state index is 12.3. The molecule has 0 bridgehead atoms. The van der Waals surface area contributed by atoms with Gasteiger partial charge in [0.15, 0.2) is 0 Å². The van der Waals surface area contributed by atoms with Crippen LogP contribution in [0.25, 0.3) is 0 Å². The highest BCUT2D eigenvalue weighted by Crippen LogP contribution is 2.20. The van der Waals surface area contributed by atoms with Gasteiger partial charge in [-0.3, -0.25) is 0 Å². The zero-order valence-electron chi connectivity index (χ0n) is 13.3. The van der Waals surface area contributed by atoms with Gasteiger partial charge < -0.3 is 10.5 Å². The molecule has 6 nitrogen and oxygen atoms in total. The maximum Gasteiger partial charge on any atom is 0.337 e. The van der Waals surface area contributed by atoms with Gasteiger partial charge in [0.1, 0.15) is 0 Å². The van der Waals surface area contributed by atoms with E-state index in [2.05, 4.69) is 9.46 Å². The Morgan fingerprint density at radius 3 is 2.35 bits per heavy atom. The Morgan fingerprint density at radius 2 is 1.87 bits per heavy atom. The Balaban J connectivity index is 0.00000484. The molecule has 1 aromatic rings. The molecule has 1 rings (SSSR count). The summed E-state index contributed by atoms with van der Waals surface area (Å²) in [7, 11) is -2.61. The van der Waals surface area contributed by atoms with Crippen LogP contribution in [0.3, 0.4) is 0 Å². The van der Waals surface area contributed by atoms with Gasteiger partial charge in [-0.1, -0.05) is 25.4 Å². The number of rotatable bonds is 7. The van der Waals surface area contributed by atoms with E-state index in [1.165, 1.54) is 25.3 Å². The van der Waals surface area contributed by atoms with E-state index in [1.54, 1.807) is 0 Å². The molecule has 0 amide bonds. The van der Waals surface area contributed by atoms with Crippen LogP contribution in [0.2, 0.25) is 5.02 Å². The first kappa shape index (κ1) is 22.1. The van der Waals surface area contributed by atoms with Crippen LogP contribution in [-0.4, -0.2) is 33.6 Å². The molecule has 0 heterocycles. The van der Waals surface area contributed by atoms with Crippen LogP contribution in [-0.2, 0) is 14.8 Å². The molecule has 9 heteroatoms. The van der Waals surface area contributed by atoms with E-state index in [0.29, 0.717) is 12.8 Å². The Bertz CT molecular complexity index is 646. The summed E-state index contributed by atoms with van der Waals surface area (Å²) < 4.78 is 31.7. The summed E-state index contributed by atoms with van der Waals surface area (Å²) in [5.41, 5.74) is 5.54. The van der Waals surface area contributed by atoms with Gasteiger partial charge in [-0.25, -0.2) is 17.9 Å². The molecule has 0 aromatic heterocycles. The molecule has 132 valence electrons. The lowest BCUT2D eigenvalue weighted by Crippen LogP contribution is -2.49. The van der Waals surface area contributed by atoms with E-state index in [0.717, 1.165) is 0 Å². The van der Waals surface area contributed by atoms with Gasteiger partial charge in [0.2, 0.25) is 10.0 Å². The van der Waals surface area contributed by atoms with E-state index in [1.807, 2.05) is 13.8 Å². The molecule has 0 spiro atoms. The van der Waals surface area contributed by atoms with E-state index in [9.17, 15) is 13.2 Å². The quantitative estimate of drug-likeness (QED) is 0.702. The smallest absolute Gasteiger partial charge is 0.337 e. The largest absolute Gasteiger partial charge is 0.465 e. The molecule has 0 fully saturated rings. The number of hydrogen-bond acceptors (Lipinski definition) is 5. The molecule has 0 unspecified atom stereocenters. The first-order valence-electron chi connectivity index (χ1n) is 6.85. The molecular formula is C14H22Cl2N2O4S. The number of carbonyl (C=O) groups is 1. The number of hydrogen-bond donors (Lipinski definition) is 2. The van der Waals surface area contributed by atoms with E-state index >= 15 is 0 Å². The fourth-order valence-electron chi connectivity index (χ4n) is 1.78. The summed E-state index contributed by atoms with van der Waals surface area (Å²) in [6.07, 6.45) is 1.27. The fourth-order valence-corrected chi connectivity index (χ4v) is 3.28. The molecule has 0 aliphatic carbocycles. The molecule has 0 atom stereocenters. The van der Waals surface area contributed by atoms with Crippen molar-refractivity contribution in [2.75, 3.05) is 13.7 Å². The highest BCUT2D eigenvalue weighted by molar-refractivity contribution is 7.89. The van der Waals surface area contributed by atoms with Crippen molar-refractivity contribution in [1.82, 2.24) is 4.72 Å². The number of ether oxygens (including phenoxy) is 1. The van der Waals surface area contributed by atoms with Gasteiger partial charge in [-0.2, -0.15) is 0 Å². The van der Waals surface area contributed by atoms with Crippen LogP contribution in [0.1, 0.15) is 37.0 Å². The number of esters is 1. The minimum atomic E-state index is -3.82. The van der Waals surface area contributed by atoms with Crippen LogP contribution in [0, 0.1) is 0 Å². The molecule has 0 radical (unpaired) electrons. The number of benzene rings is 1. The summed E-state index contributed by atoms with van der Waals surface area (Å²) in [5.74, 6) is -0.658. The lowest BCUT2D eigenvalue weighted by molar-refractivity contribution is 0.0600. The summed E-state index contributed by atoms with van der Waals surface area (Å²) in [4.78, 5) is 11.4. The molecule has 0 saturated carbocycles. The number of nitrogens with two attached hydrogens (primary N) is 1. The number of nitrogens with one attached hydrogen (secondary N) is 1. The SMILES string of the molecule is CCC(N)(CC)CNS(=O)(=O)c1cc(Cl)cc(C(=O)OC)c1.Cl. The number of methoxy groups -OCH3 is 1. The van der Waals surface area contributed by atoms with Crippen molar-refractivity contribution in [2.24, 2.45) is 5.73 Å². The van der Waals surface area contributed by atoms with Crippen molar-refractivity contribution in [3.63, 3.8) is 0 Å². The Morgan fingerprint density at radius 1 is 1.30 bits per heavy atom. The number of sulfonamides is 1. The van der Waals surface area contributed by atoms with Crippen LogP contribution in [0.5, 0.6) is 0 Å². The van der Waals surface area contributed by atoms with Crippen molar-refractivity contribution in [1.29, 1.82) is 0 Å². The van der Waals surface area contributed by atoms with Crippen LogP contribution in [0.15, 0.2) is 23.1 Å². The topological polar surface area (TPSA) is 98.5 Å². The molecule has 0 saturated heterocycles. The van der Waals surface area contributed by atoms with Crippen molar-refractivity contribution in [3.05, 3.63) is 28.8 Å². The number of halogens is 2. The highest BCUT2D eigenvalue weighted by atomic mass is 35.5. The van der Waals surface area contributed by atoms with Crippen LogP contribution >= 0.6 is 24.0 Å². The van der Waals surface area contributed by atoms with Gasteiger partial charge >= 0.3 is 5.97 Å². The average molecular weight is 385 g/mol. The second kappa shape index (κ2) is 8.84. The molecule has 0 aliphatic rings. The molecule has 0 aliphatic heterocycles. The lowest BCUT2D eigenvalue weighted by atomic mass is 9.95. The van der Waals surface area contributed by atoms with Crippen molar-refractivity contribution in [3.8, 4) is 0 Å². The van der Waals surface area contributed by atoms with Gasteiger partial charge in [-0.15, -0.1) is 12.4 Å². The van der Waals surface area contributed by atoms with Gasteiger partial charge in [0, 0.05) is 17.1 Å². The van der Waals surface area contributed by atoms with Crippen LogP contribution in [0.4, 0.5) is 0 Å². The first-order chi connectivity index (χ1) is 10.2. The van der Waals surface area contributed by atoms with Gasteiger partial charge in [0.05, 0.1) is 17.6 Å². The Kier molecular flexibility index (Phi) is 8.51. The molecule has 1 aromatic carbocycles. The monoisotopic (exact) mass is 384 g/mol. The van der Waals surface area contributed by atoms with Crippen molar-refractivity contribution >= 4 is 40.0 Å². The molecule has 3 N–H and O–H groups in total. The lowest BCUT2D eigenvalue weighted by Gasteiger charge is -2.26. The Labute approximate surface area is 148 Å². The van der Waals surface area contributed by atoms with E-state index in [-0.39, 0.29) is 34.4 Å². The van der Waals surface area contributed by atoms with Gasteiger partial charge in [-0.05, 0) is 31.0 Å². The van der Waals surface area contributed by atoms with Crippen molar-refractivity contribution < 1.29 is 17.9 Å². The zero-order chi connectivity index (χ0) is 17.0. The van der Waals surface area contributed by atoms with E-state index in [4.69, 9.17) is 17.3 Å². The summed E-state index contributed by atoms with van der Waals surface area (Å²) in [5, 5.41) is 0.133. The highest BCUT2D eigenvalue weighted by Gasteiger charge is 2.25. The number of carbonyl (C=O) groups excluding carboxylic acids is 1. The summed E-state index contributed by atoms with van der Waals surface area (Å²) in [6, 6.07) is 3.83. The van der Waals surface area contributed by atoms with Crippen molar-refractivity contribution in [2.45, 2.75) is 37.1 Å². The second-order valence-electron chi connectivity index (χ2n) is 5.06. The third kappa shape index (κ3) is 5.93. The zero-order valence-corrected chi connectivity index (χ0v) is 15.6. The maximum absolute atomic E-state index is 12.3. The minimum Gasteiger partial charge on any atom is -0.465 e.